The van der Waals surface area contributed by atoms with Crippen LogP contribution in [0, 0.1) is 11.6 Å². The molecule has 2 N–H and O–H groups in total. The summed E-state index contributed by atoms with van der Waals surface area (Å²) in [5, 5.41) is 0. The van der Waals surface area contributed by atoms with Crippen LogP contribution < -0.4 is 15.2 Å². The van der Waals surface area contributed by atoms with Gasteiger partial charge in [0, 0.05) is 6.07 Å². The fourth-order valence-corrected chi connectivity index (χ4v) is 1.99. The van der Waals surface area contributed by atoms with Gasteiger partial charge in [0.1, 0.15) is 18.2 Å². The second kappa shape index (κ2) is 6.09. The van der Waals surface area contributed by atoms with Crippen molar-refractivity contribution in [2.75, 3.05) is 12.8 Å². The molecule has 6 heteroatoms. The smallest absolute Gasteiger partial charge is 0.165 e. The van der Waals surface area contributed by atoms with Crippen LogP contribution >= 0.6 is 15.9 Å². The predicted octanol–water partition coefficient (Wildman–Crippen LogP) is 3.90. The number of halogens is 3. The van der Waals surface area contributed by atoms with Crippen molar-refractivity contribution in [1.29, 1.82) is 0 Å². The lowest BCUT2D eigenvalue weighted by molar-refractivity contribution is 0.304. The Balaban J connectivity index is 2.13. The lowest BCUT2D eigenvalue weighted by atomic mass is 10.2. The van der Waals surface area contributed by atoms with E-state index in [0.717, 1.165) is 0 Å². The molecule has 106 valence electrons. The van der Waals surface area contributed by atoms with Crippen molar-refractivity contribution in [2.24, 2.45) is 0 Å². The van der Waals surface area contributed by atoms with Gasteiger partial charge in [-0.1, -0.05) is 6.07 Å². The van der Waals surface area contributed by atoms with Crippen molar-refractivity contribution in [1.82, 2.24) is 0 Å². The number of methoxy groups -OCH3 is 1. The minimum absolute atomic E-state index is 0.0756. The number of nitrogen functional groups attached to an aromatic ring is 1. The Kier molecular flexibility index (Phi) is 4.44. The lowest BCUT2D eigenvalue weighted by Crippen LogP contribution is -2.00. The summed E-state index contributed by atoms with van der Waals surface area (Å²) >= 11 is 3.03. The summed E-state index contributed by atoms with van der Waals surface area (Å²) in [4.78, 5) is 0. The molecule has 3 nitrogen and oxygen atoms in total. The maximum Gasteiger partial charge on any atom is 0.165 e. The molecule has 2 aromatic carbocycles. The third-order valence-corrected chi connectivity index (χ3v) is 3.27. The van der Waals surface area contributed by atoms with Crippen molar-refractivity contribution >= 4 is 21.6 Å². The van der Waals surface area contributed by atoms with E-state index in [4.69, 9.17) is 15.2 Å². The Labute approximate surface area is 123 Å². The van der Waals surface area contributed by atoms with E-state index in [-0.39, 0.29) is 22.6 Å². The standard InChI is InChI=1S/C14H12BrF2NO2/c1-19-13-3-2-8(4-11(13)17)7-20-14-6-10(16)9(15)5-12(14)18/h2-6H,7,18H2,1H3. The molecular weight excluding hydrogens is 332 g/mol. The molecule has 0 aromatic heterocycles. The molecule has 0 aliphatic heterocycles. The van der Waals surface area contributed by atoms with Gasteiger partial charge in [-0.3, -0.25) is 0 Å². The number of hydrogen-bond donors (Lipinski definition) is 1. The second-order valence-electron chi connectivity index (χ2n) is 4.06. The first-order valence-corrected chi connectivity index (χ1v) is 6.50. The van der Waals surface area contributed by atoms with E-state index in [1.165, 1.54) is 31.4 Å². The molecule has 0 spiro atoms. The van der Waals surface area contributed by atoms with E-state index in [0.29, 0.717) is 11.3 Å². The molecule has 0 unspecified atom stereocenters. The monoisotopic (exact) mass is 343 g/mol. The molecule has 0 amide bonds. The van der Waals surface area contributed by atoms with Gasteiger partial charge in [0.05, 0.1) is 17.3 Å². The van der Waals surface area contributed by atoms with Gasteiger partial charge in [0.2, 0.25) is 0 Å². The summed E-state index contributed by atoms with van der Waals surface area (Å²) in [7, 11) is 1.39. The Morgan fingerprint density at radius 3 is 2.50 bits per heavy atom. The summed E-state index contributed by atoms with van der Waals surface area (Å²) in [6, 6.07) is 7.05. The van der Waals surface area contributed by atoms with Crippen LogP contribution in [-0.2, 0) is 6.61 Å². The van der Waals surface area contributed by atoms with Crippen molar-refractivity contribution in [2.45, 2.75) is 6.61 Å². The van der Waals surface area contributed by atoms with E-state index in [1.54, 1.807) is 6.07 Å². The van der Waals surface area contributed by atoms with Crippen LogP contribution in [0.2, 0.25) is 0 Å². The number of hydrogen-bond acceptors (Lipinski definition) is 3. The molecule has 20 heavy (non-hydrogen) atoms. The average Bonchev–Trinajstić information content (AvgIpc) is 2.41. The van der Waals surface area contributed by atoms with Gasteiger partial charge in [-0.25, -0.2) is 8.78 Å². The van der Waals surface area contributed by atoms with Crippen molar-refractivity contribution < 1.29 is 18.3 Å². The van der Waals surface area contributed by atoms with Gasteiger partial charge in [0.15, 0.2) is 11.6 Å². The predicted molar refractivity (Wildman–Crippen MR) is 75.8 cm³/mol. The highest BCUT2D eigenvalue weighted by Gasteiger charge is 2.08. The number of benzene rings is 2. The minimum atomic E-state index is -0.483. The zero-order chi connectivity index (χ0) is 14.7. The maximum absolute atomic E-state index is 13.5. The largest absolute Gasteiger partial charge is 0.494 e. The van der Waals surface area contributed by atoms with Crippen LogP contribution in [0.3, 0.4) is 0 Å². The molecule has 2 rings (SSSR count). The van der Waals surface area contributed by atoms with Gasteiger partial charge >= 0.3 is 0 Å². The number of ether oxygens (including phenoxy) is 2. The lowest BCUT2D eigenvalue weighted by Gasteiger charge is -2.10. The number of rotatable bonds is 4. The Hall–Kier alpha value is -1.82. The molecule has 0 atom stereocenters. The molecule has 0 saturated carbocycles. The number of nitrogens with two attached hydrogens (primary N) is 1. The second-order valence-corrected chi connectivity index (χ2v) is 4.92. The van der Waals surface area contributed by atoms with Crippen molar-refractivity contribution in [3.63, 3.8) is 0 Å². The van der Waals surface area contributed by atoms with Crippen LogP contribution in [0.4, 0.5) is 14.5 Å². The Morgan fingerprint density at radius 1 is 1.10 bits per heavy atom. The van der Waals surface area contributed by atoms with Gasteiger partial charge in [-0.15, -0.1) is 0 Å². The highest BCUT2D eigenvalue weighted by Crippen LogP contribution is 2.29. The third kappa shape index (κ3) is 3.19. The SMILES string of the molecule is COc1ccc(COc2cc(F)c(Br)cc2N)cc1F. The van der Waals surface area contributed by atoms with Gasteiger partial charge in [-0.05, 0) is 39.7 Å². The zero-order valence-corrected chi connectivity index (χ0v) is 12.2. The van der Waals surface area contributed by atoms with Crippen LogP contribution in [0.15, 0.2) is 34.8 Å². The molecule has 0 heterocycles. The van der Waals surface area contributed by atoms with Gasteiger partial charge in [-0.2, -0.15) is 0 Å². The first kappa shape index (κ1) is 14.6. The summed E-state index contributed by atoms with van der Waals surface area (Å²) in [6.07, 6.45) is 0. The molecule has 0 aliphatic rings. The van der Waals surface area contributed by atoms with Crippen LogP contribution in [0.1, 0.15) is 5.56 Å². The van der Waals surface area contributed by atoms with E-state index < -0.39 is 11.6 Å². The normalized spacial score (nSPS) is 10.4. The zero-order valence-electron chi connectivity index (χ0n) is 10.6. The highest BCUT2D eigenvalue weighted by atomic mass is 79.9. The topological polar surface area (TPSA) is 44.5 Å². The fourth-order valence-electron chi connectivity index (χ4n) is 1.63. The molecule has 0 fully saturated rings. The first-order chi connectivity index (χ1) is 9.51. The quantitative estimate of drug-likeness (QED) is 0.856. The summed E-state index contributed by atoms with van der Waals surface area (Å²) < 4.78 is 37.4. The molecule has 0 bridgehead atoms. The minimum Gasteiger partial charge on any atom is -0.494 e. The van der Waals surface area contributed by atoms with Crippen LogP contribution in [0.25, 0.3) is 0 Å². The molecule has 0 aliphatic carbocycles. The molecule has 0 radical (unpaired) electrons. The van der Waals surface area contributed by atoms with Crippen molar-refractivity contribution in [3.8, 4) is 11.5 Å². The van der Waals surface area contributed by atoms with E-state index in [9.17, 15) is 8.78 Å². The molecule has 2 aromatic rings. The first-order valence-electron chi connectivity index (χ1n) is 5.71. The van der Waals surface area contributed by atoms with Gasteiger partial charge in [0.25, 0.3) is 0 Å². The van der Waals surface area contributed by atoms with Crippen LogP contribution in [0.5, 0.6) is 11.5 Å². The fraction of sp³-hybridized carbons (Fsp3) is 0.143. The number of anilines is 1. The third-order valence-electron chi connectivity index (χ3n) is 2.66. The average molecular weight is 344 g/mol. The van der Waals surface area contributed by atoms with Crippen LogP contribution in [-0.4, -0.2) is 7.11 Å². The Morgan fingerprint density at radius 2 is 1.85 bits per heavy atom. The highest BCUT2D eigenvalue weighted by molar-refractivity contribution is 9.10. The van der Waals surface area contributed by atoms with Gasteiger partial charge < -0.3 is 15.2 Å². The van der Waals surface area contributed by atoms with E-state index >= 15 is 0 Å². The van der Waals surface area contributed by atoms with Crippen molar-refractivity contribution in [3.05, 3.63) is 52.0 Å². The summed E-state index contributed by atoms with van der Waals surface area (Å²) in [5.41, 5.74) is 6.60. The molecular formula is C14H12BrF2NO2. The van der Waals surface area contributed by atoms with E-state index in [2.05, 4.69) is 15.9 Å². The van der Waals surface area contributed by atoms with E-state index in [1.807, 2.05) is 0 Å². The Bertz CT molecular complexity index is 635. The maximum atomic E-state index is 13.5. The molecule has 0 saturated heterocycles. The summed E-state index contributed by atoms with van der Waals surface area (Å²) in [5.74, 6) is -0.594. The summed E-state index contributed by atoms with van der Waals surface area (Å²) in [6.45, 7) is 0.0756.